The molecule has 0 heterocycles. The number of aliphatic carboxylic acids is 1. The van der Waals surface area contributed by atoms with Crippen molar-refractivity contribution in [3.8, 4) is 5.75 Å². The molecule has 1 aromatic carbocycles. The van der Waals surface area contributed by atoms with Crippen LogP contribution >= 0.6 is 0 Å². The number of carbonyl (C=O) groups is 1. The van der Waals surface area contributed by atoms with E-state index in [0.29, 0.717) is 18.8 Å². The molecule has 1 atom stereocenters. The molecule has 0 saturated heterocycles. The summed E-state index contributed by atoms with van der Waals surface area (Å²) in [5.41, 5.74) is 1.77. The van der Waals surface area contributed by atoms with Crippen molar-refractivity contribution in [2.45, 2.75) is 19.4 Å². The van der Waals surface area contributed by atoms with Crippen LogP contribution < -0.4 is 4.74 Å². The number of aliphatic hydroxyl groups is 1. The van der Waals surface area contributed by atoms with Crippen molar-refractivity contribution < 1.29 is 19.7 Å². The van der Waals surface area contributed by atoms with Gasteiger partial charge in [0.25, 0.3) is 0 Å². The largest absolute Gasteiger partial charge is 0.496 e. The lowest BCUT2D eigenvalue weighted by Gasteiger charge is -2.21. The van der Waals surface area contributed by atoms with Gasteiger partial charge >= 0.3 is 5.97 Å². The number of rotatable bonds is 7. The number of aryl methyl sites for hydroxylation is 1. The molecule has 106 valence electrons. The lowest BCUT2D eigenvalue weighted by molar-refractivity contribution is -0.137. The molecule has 0 aliphatic rings. The molecule has 0 amide bonds. The van der Waals surface area contributed by atoms with E-state index in [2.05, 4.69) is 0 Å². The van der Waals surface area contributed by atoms with E-state index in [4.69, 9.17) is 9.84 Å². The molecule has 0 aliphatic carbocycles. The first-order chi connectivity index (χ1) is 8.93. The Bertz CT molecular complexity index is 433. The molecule has 0 spiro atoms. The predicted molar refractivity (Wildman–Crippen MR) is 72.4 cm³/mol. The predicted octanol–water partition coefficient (Wildman–Crippen LogP) is 1.44. The average Bonchev–Trinajstić information content (AvgIpc) is 2.36. The molecular weight excluding hydrogens is 246 g/mol. The fraction of sp³-hybridized carbons (Fsp3) is 0.500. The Labute approximate surface area is 113 Å². The maximum atomic E-state index is 10.5. The van der Waals surface area contributed by atoms with Gasteiger partial charge in [-0.3, -0.25) is 4.79 Å². The number of hydrogen-bond donors (Lipinski definition) is 2. The number of carboxylic acid groups (broad SMARTS) is 1. The number of benzene rings is 1. The van der Waals surface area contributed by atoms with E-state index in [1.165, 1.54) is 0 Å². The van der Waals surface area contributed by atoms with E-state index in [0.717, 1.165) is 11.1 Å². The Hall–Kier alpha value is -1.59. The van der Waals surface area contributed by atoms with E-state index >= 15 is 0 Å². The van der Waals surface area contributed by atoms with Crippen LogP contribution in [0.25, 0.3) is 0 Å². The van der Waals surface area contributed by atoms with Crippen molar-refractivity contribution in [2.75, 3.05) is 27.2 Å². The van der Waals surface area contributed by atoms with Gasteiger partial charge in [-0.25, -0.2) is 0 Å². The van der Waals surface area contributed by atoms with Gasteiger partial charge in [0.05, 0.1) is 19.6 Å². The summed E-state index contributed by atoms with van der Waals surface area (Å²) >= 11 is 0. The van der Waals surface area contributed by atoms with Gasteiger partial charge in [-0.2, -0.15) is 0 Å². The highest BCUT2D eigenvalue weighted by Gasteiger charge is 2.16. The van der Waals surface area contributed by atoms with Crippen molar-refractivity contribution in [1.82, 2.24) is 4.90 Å². The van der Waals surface area contributed by atoms with Crippen LogP contribution in [0.15, 0.2) is 18.2 Å². The van der Waals surface area contributed by atoms with E-state index in [9.17, 15) is 9.90 Å². The van der Waals surface area contributed by atoms with Crippen LogP contribution in [0.4, 0.5) is 0 Å². The second-order valence-electron chi connectivity index (χ2n) is 4.67. The number of nitrogens with zero attached hydrogens (tertiary/aromatic N) is 1. The Morgan fingerprint density at radius 1 is 1.47 bits per heavy atom. The quantitative estimate of drug-likeness (QED) is 0.782. The topological polar surface area (TPSA) is 70.0 Å². The van der Waals surface area contributed by atoms with Crippen LogP contribution in [0.5, 0.6) is 5.75 Å². The van der Waals surface area contributed by atoms with Gasteiger partial charge in [0.15, 0.2) is 0 Å². The van der Waals surface area contributed by atoms with Crippen molar-refractivity contribution in [2.24, 2.45) is 0 Å². The van der Waals surface area contributed by atoms with Gasteiger partial charge in [-0.1, -0.05) is 11.6 Å². The van der Waals surface area contributed by atoms with Gasteiger partial charge in [-0.05, 0) is 26.1 Å². The lowest BCUT2D eigenvalue weighted by Crippen LogP contribution is -2.27. The molecule has 5 heteroatoms. The highest BCUT2D eigenvalue weighted by molar-refractivity contribution is 5.66. The van der Waals surface area contributed by atoms with Gasteiger partial charge < -0.3 is 19.8 Å². The van der Waals surface area contributed by atoms with Gasteiger partial charge in [0.2, 0.25) is 0 Å². The Balaban J connectivity index is 2.69. The van der Waals surface area contributed by atoms with Crippen LogP contribution in [-0.4, -0.2) is 48.3 Å². The van der Waals surface area contributed by atoms with Crippen molar-refractivity contribution >= 4 is 5.97 Å². The molecule has 1 rings (SSSR count). The molecule has 0 fully saturated rings. The second-order valence-corrected chi connectivity index (χ2v) is 4.67. The third kappa shape index (κ3) is 4.89. The van der Waals surface area contributed by atoms with Crippen molar-refractivity contribution in [3.05, 3.63) is 29.3 Å². The highest BCUT2D eigenvalue weighted by atomic mass is 16.5. The molecule has 0 saturated carbocycles. The standard InChI is InChI=1S/C14H21NO4/c1-10-4-5-13(19-3)11(8-10)12(16)9-15(2)7-6-14(17)18/h4-5,8,12,16H,6-7,9H2,1-3H3,(H,17,18). The summed E-state index contributed by atoms with van der Waals surface area (Å²) < 4.78 is 5.23. The van der Waals surface area contributed by atoms with Crippen molar-refractivity contribution in [1.29, 1.82) is 0 Å². The minimum absolute atomic E-state index is 0.0637. The lowest BCUT2D eigenvalue weighted by atomic mass is 10.0. The number of ether oxygens (including phenoxy) is 1. The first-order valence-corrected chi connectivity index (χ1v) is 6.17. The summed E-state index contributed by atoms with van der Waals surface area (Å²) in [5, 5.41) is 18.8. The summed E-state index contributed by atoms with van der Waals surface area (Å²) in [4.78, 5) is 12.3. The number of hydrogen-bond acceptors (Lipinski definition) is 4. The molecule has 0 aliphatic heterocycles. The Kier molecular flexibility index (Phi) is 5.79. The van der Waals surface area contributed by atoms with Crippen molar-refractivity contribution in [3.63, 3.8) is 0 Å². The molecule has 0 bridgehead atoms. The first-order valence-electron chi connectivity index (χ1n) is 6.17. The van der Waals surface area contributed by atoms with E-state index in [-0.39, 0.29) is 6.42 Å². The zero-order valence-electron chi connectivity index (χ0n) is 11.6. The summed E-state index contributed by atoms with van der Waals surface area (Å²) in [5.74, 6) is -0.195. The normalized spacial score (nSPS) is 12.5. The zero-order chi connectivity index (χ0) is 14.4. The van der Waals surface area contributed by atoms with Crippen LogP contribution in [-0.2, 0) is 4.79 Å². The summed E-state index contributed by atoms with van der Waals surface area (Å²) in [7, 11) is 3.35. The van der Waals surface area contributed by atoms with E-state index < -0.39 is 12.1 Å². The fourth-order valence-corrected chi connectivity index (χ4v) is 1.89. The monoisotopic (exact) mass is 267 g/mol. The maximum Gasteiger partial charge on any atom is 0.304 e. The summed E-state index contributed by atoms with van der Waals surface area (Å²) in [6.45, 7) is 2.72. The number of likely N-dealkylation sites (N-methyl/N-ethyl adjacent to an activating group) is 1. The van der Waals surface area contributed by atoms with Crippen LogP contribution in [0.2, 0.25) is 0 Å². The molecule has 1 aromatic rings. The maximum absolute atomic E-state index is 10.5. The molecule has 0 radical (unpaired) electrons. The second kappa shape index (κ2) is 7.11. The van der Waals surface area contributed by atoms with Gasteiger partial charge in [-0.15, -0.1) is 0 Å². The van der Waals surface area contributed by atoms with Gasteiger partial charge in [0.1, 0.15) is 5.75 Å². The van der Waals surface area contributed by atoms with Gasteiger partial charge in [0, 0.05) is 18.7 Å². The third-order valence-electron chi connectivity index (χ3n) is 2.94. The minimum Gasteiger partial charge on any atom is -0.496 e. The first kappa shape index (κ1) is 15.5. The number of methoxy groups -OCH3 is 1. The van der Waals surface area contributed by atoms with Crippen LogP contribution in [0, 0.1) is 6.92 Å². The summed E-state index contributed by atoms with van der Waals surface area (Å²) in [6, 6.07) is 5.63. The smallest absolute Gasteiger partial charge is 0.304 e. The molecule has 5 nitrogen and oxygen atoms in total. The van der Waals surface area contributed by atoms with Crippen LogP contribution in [0.1, 0.15) is 23.7 Å². The fourth-order valence-electron chi connectivity index (χ4n) is 1.89. The Morgan fingerprint density at radius 2 is 2.16 bits per heavy atom. The average molecular weight is 267 g/mol. The molecule has 2 N–H and O–H groups in total. The molecule has 19 heavy (non-hydrogen) atoms. The SMILES string of the molecule is COc1ccc(C)cc1C(O)CN(C)CCC(=O)O. The van der Waals surface area contributed by atoms with Crippen LogP contribution in [0.3, 0.4) is 0 Å². The highest BCUT2D eigenvalue weighted by Crippen LogP contribution is 2.26. The summed E-state index contributed by atoms with van der Waals surface area (Å²) in [6.07, 6.45) is -0.637. The molecule has 1 unspecified atom stereocenters. The molecule has 0 aromatic heterocycles. The van der Waals surface area contributed by atoms with E-state index in [1.54, 1.807) is 19.1 Å². The van der Waals surface area contributed by atoms with E-state index in [1.807, 2.05) is 25.1 Å². The minimum atomic E-state index is -0.838. The zero-order valence-corrected chi connectivity index (χ0v) is 11.6. The Morgan fingerprint density at radius 3 is 2.74 bits per heavy atom. The number of carboxylic acids is 1. The third-order valence-corrected chi connectivity index (χ3v) is 2.94. The number of aliphatic hydroxyl groups excluding tert-OH is 1. The molecular formula is C14H21NO4.